The Hall–Kier alpha value is -2.09. The standard InChI is InChI=1S/C16H7ClF2N2OS2/c17-12-8-3-1-2-4-10(8)23-14(12)15(22)21-16-20-13-9(19)5-7(18)6-11(13)24-16/h1-6H,(H,20,21,22). The molecule has 4 rings (SSSR count). The lowest BCUT2D eigenvalue weighted by Gasteiger charge is -1.98. The number of anilines is 1. The Bertz CT molecular complexity index is 1110. The van der Waals surface area contributed by atoms with Crippen LogP contribution in [0, 0.1) is 11.6 Å². The van der Waals surface area contributed by atoms with E-state index in [2.05, 4.69) is 10.3 Å². The number of nitrogens with one attached hydrogen (secondary N) is 1. The number of hydrogen-bond acceptors (Lipinski definition) is 4. The summed E-state index contributed by atoms with van der Waals surface area (Å²) in [6, 6.07) is 9.35. The van der Waals surface area contributed by atoms with Crippen LogP contribution < -0.4 is 5.32 Å². The summed E-state index contributed by atoms with van der Waals surface area (Å²) in [6.07, 6.45) is 0. The van der Waals surface area contributed by atoms with Gasteiger partial charge in [-0.2, -0.15) is 0 Å². The number of rotatable bonds is 2. The van der Waals surface area contributed by atoms with E-state index in [9.17, 15) is 13.6 Å². The Labute approximate surface area is 147 Å². The highest BCUT2D eigenvalue weighted by molar-refractivity contribution is 7.23. The maximum absolute atomic E-state index is 13.7. The Balaban J connectivity index is 1.70. The number of halogens is 3. The molecule has 0 aliphatic carbocycles. The van der Waals surface area contributed by atoms with Crippen molar-refractivity contribution >= 4 is 65.6 Å². The number of nitrogens with zero attached hydrogens (tertiary/aromatic N) is 1. The zero-order chi connectivity index (χ0) is 16.8. The minimum Gasteiger partial charge on any atom is -0.297 e. The monoisotopic (exact) mass is 380 g/mol. The van der Waals surface area contributed by atoms with Crippen molar-refractivity contribution in [3.63, 3.8) is 0 Å². The van der Waals surface area contributed by atoms with Crippen molar-refractivity contribution < 1.29 is 13.6 Å². The van der Waals surface area contributed by atoms with Gasteiger partial charge in [-0.3, -0.25) is 10.1 Å². The minimum atomic E-state index is -0.762. The molecule has 8 heteroatoms. The van der Waals surface area contributed by atoms with Gasteiger partial charge in [-0.15, -0.1) is 11.3 Å². The molecule has 2 aromatic heterocycles. The summed E-state index contributed by atoms with van der Waals surface area (Å²) in [5, 5.41) is 3.95. The lowest BCUT2D eigenvalue weighted by atomic mass is 10.2. The summed E-state index contributed by atoms with van der Waals surface area (Å²) in [5.41, 5.74) is 0.0270. The van der Waals surface area contributed by atoms with Crippen LogP contribution in [-0.4, -0.2) is 10.9 Å². The Morgan fingerprint density at radius 3 is 2.71 bits per heavy atom. The van der Waals surface area contributed by atoms with Crippen LogP contribution in [0.5, 0.6) is 0 Å². The van der Waals surface area contributed by atoms with E-state index in [1.807, 2.05) is 24.3 Å². The Kier molecular flexibility index (Phi) is 3.71. The number of carbonyl (C=O) groups is 1. The quantitative estimate of drug-likeness (QED) is 0.485. The molecule has 0 unspecified atom stereocenters. The molecule has 4 aromatic rings. The first-order chi connectivity index (χ1) is 11.5. The molecule has 1 N–H and O–H groups in total. The molecule has 0 saturated heterocycles. The molecule has 0 bridgehead atoms. The van der Waals surface area contributed by atoms with Gasteiger partial charge in [0.05, 0.1) is 9.72 Å². The molecule has 2 heterocycles. The third-order valence-corrected chi connectivity index (χ3v) is 5.97. The molecule has 0 fully saturated rings. The fraction of sp³-hybridized carbons (Fsp3) is 0. The van der Waals surface area contributed by atoms with Crippen LogP contribution in [0.1, 0.15) is 9.67 Å². The van der Waals surface area contributed by atoms with Crippen molar-refractivity contribution in [1.82, 2.24) is 4.98 Å². The SMILES string of the molecule is O=C(Nc1nc2c(F)cc(F)cc2s1)c1sc2ccccc2c1Cl. The van der Waals surface area contributed by atoms with E-state index in [4.69, 9.17) is 11.6 Å². The van der Waals surface area contributed by atoms with Crippen molar-refractivity contribution in [2.75, 3.05) is 5.32 Å². The highest BCUT2D eigenvalue weighted by atomic mass is 35.5. The predicted molar refractivity (Wildman–Crippen MR) is 94.3 cm³/mol. The Morgan fingerprint density at radius 2 is 1.92 bits per heavy atom. The van der Waals surface area contributed by atoms with Crippen LogP contribution in [0.3, 0.4) is 0 Å². The summed E-state index contributed by atoms with van der Waals surface area (Å²) >= 11 is 8.53. The van der Waals surface area contributed by atoms with Crippen molar-refractivity contribution in [2.45, 2.75) is 0 Å². The lowest BCUT2D eigenvalue weighted by Crippen LogP contribution is -2.10. The van der Waals surface area contributed by atoms with Crippen molar-refractivity contribution in [3.8, 4) is 0 Å². The minimum absolute atomic E-state index is 0.0270. The molecule has 0 aliphatic heterocycles. The van der Waals surface area contributed by atoms with E-state index in [0.717, 1.165) is 27.5 Å². The third-order valence-electron chi connectivity index (χ3n) is 3.37. The molecule has 0 atom stereocenters. The van der Waals surface area contributed by atoms with E-state index in [-0.39, 0.29) is 10.6 Å². The van der Waals surface area contributed by atoms with Crippen molar-refractivity contribution in [3.05, 3.63) is 57.9 Å². The van der Waals surface area contributed by atoms with Crippen LogP contribution in [-0.2, 0) is 0 Å². The number of benzene rings is 2. The molecule has 0 saturated carbocycles. The van der Waals surface area contributed by atoms with E-state index in [1.165, 1.54) is 17.4 Å². The number of amides is 1. The van der Waals surface area contributed by atoms with Crippen molar-refractivity contribution in [1.29, 1.82) is 0 Å². The summed E-state index contributed by atoms with van der Waals surface area (Å²) in [6.45, 7) is 0. The van der Waals surface area contributed by atoms with E-state index >= 15 is 0 Å². The Morgan fingerprint density at radius 1 is 1.12 bits per heavy atom. The molecule has 3 nitrogen and oxygen atoms in total. The van der Waals surface area contributed by atoms with Gasteiger partial charge >= 0.3 is 0 Å². The third kappa shape index (κ3) is 2.54. The topological polar surface area (TPSA) is 42.0 Å². The van der Waals surface area contributed by atoms with Gasteiger partial charge in [0.15, 0.2) is 10.9 Å². The highest BCUT2D eigenvalue weighted by Gasteiger charge is 2.19. The highest BCUT2D eigenvalue weighted by Crippen LogP contribution is 2.36. The zero-order valence-electron chi connectivity index (χ0n) is 11.8. The van der Waals surface area contributed by atoms with Crippen LogP contribution in [0.15, 0.2) is 36.4 Å². The first kappa shape index (κ1) is 15.4. The zero-order valence-corrected chi connectivity index (χ0v) is 14.2. The first-order valence-corrected chi connectivity index (χ1v) is 8.78. The second-order valence-corrected chi connectivity index (χ2v) is 7.41. The van der Waals surface area contributed by atoms with Gasteiger partial charge in [-0.25, -0.2) is 13.8 Å². The number of carbonyl (C=O) groups excluding carboxylic acids is 1. The van der Waals surface area contributed by atoms with Gasteiger partial charge in [0, 0.05) is 16.2 Å². The summed E-state index contributed by atoms with van der Waals surface area (Å²) in [7, 11) is 0. The van der Waals surface area contributed by atoms with Gasteiger partial charge in [0.2, 0.25) is 0 Å². The molecule has 1 amide bonds. The second-order valence-electron chi connectivity index (χ2n) is 4.95. The molecule has 0 radical (unpaired) electrons. The number of aromatic nitrogens is 1. The van der Waals surface area contributed by atoms with Gasteiger partial charge in [0.25, 0.3) is 5.91 Å². The van der Waals surface area contributed by atoms with Crippen LogP contribution >= 0.6 is 34.3 Å². The molecule has 0 aliphatic rings. The molecular weight excluding hydrogens is 374 g/mol. The number of thiazole rings is 1. The van der Waals surface area contributed by atoms with E-state index in [0.29, 0.717) is 14.6 Å². The average molecular weight is 381 g/mol. The van der Waals surface area contributed by atoms with Crippen LogP contribution in [0.25, 0.3) is 20.3 Å². The summed E-state index contributed by atoms with van der Waals surface area (Å²) < 4.78 is 28.2. The van der Waals surface area contributed by atoms with E-state index in [1.54, 1.807) is 0 Å². The molecule has 0 spiro atoms. The first-order valence-electron chi connectivity index (χ1n) is 6.77. The largest absolute Gasteiger partial charge is 0.297 e. The lowest BCUT2D eigenvalue weighted by molar-refractivity contribution is 0.103. The fourth-order valence-electron chi connectivity index (χ4n) is 2.32. The number of hydrogen-bond donors (Lipinski definition) is 1. The fourth-order valence-corrected chi connectivity index (χ4v) is 4.64. The maximum Gasteiger partial charge on any atom is 0.269 e. The normalized spacial score (nSPS) is 11.3. The molecular formula is C16H7ClF2N2OS2. The van der Waals surface area contributed by atoms with Crippen LogP contribution in [0.2, 0.25) is 5.02 Å². The predicted octanol–water partition coefficient (Wildman–Crippen LogP) is 5.69. The van der Waals surface area contributed by atoms with Crippen LogP contribution in [0.4, 0.5) is 13.9 Å². The van der Waals surface area contributed by atoms with E-state index < -0.39 is 17.5 Å². The molecule has 120 valence electrons. The van der Waals surface area contributed by atoms with Crippen molar-refractivity contribution in [2.24, 2.45) is 0 Å². The summed E-state index contributed by atoms with van der Waals surface area (Å²) in [4.78, 5) is 16.8. The average Bonchev–Trinajstić information content (AvgIpc) is 3.09. The number of fused-ring (bicyclic) bond motifs is 2. The molecule has 2 aromatic carbocycles. The van der Waals surface area contributed by atoms with Gasteiger partial charge in [-0.05, 0) is 12.1 Å². The maximum atomic E-state index is 13.7. The van der Waals surface area contributed by atoms with Gasteiger partial charge in [0.1, 0.15) is 16.2 Å². The van der Waals surface area contributed by atoms with Gasteiger partial charge in [-0.1, -0.05) is 41.1 Å². The second kappa shape index (κ2) is 5.77. The summed E-state index contributed by atoms with van der Waals surface area (Å²) in [5.74, 6) is -1.88. The molecule has 24 heavy (non-hydrogen) atoms. The van der Waals surface area contributed by atoms with Gasteiger partial charge < -0.3 is 0 Å². The number of thiophene rings is 1. The smallest absolute Gasteiger partial charge is 0.269 e.